The van der Waals surface area contributed by atoms with Crippen LogP contribution in [0.3, 0.4) is 0 Å². The van der Waals surface area contributed by atoms with Crippen LogP contribution in [-0.2, 0) is 20.9 Å². The number of nitrogens with zero attached hydrogens (tertiary/aromatic N) is 1. The predicted octanol–water partition coefficient (Wildman–Crippen LogP) is 5.19. The Bertz CT molecular complexity index is 1200. The lowest BCUT2D eigenvalue weighted by Crippen LogP contribution is -2.25. The second-order valence-corrected chi connectivity index (χ2v) is 8.22. The van der Waals surface area contributed by atoms with Gasteiger partial charge < -0.3 is 24.7 Å². The summed E-state index contributed by atoms with van der Waals surface area (Å²) < 4.78 is 22.3. The quantitative estimate of drug-likeness (QED) is 0.541. The van der Waals surface area contributed by atoms with Gasteiger partial charge in [-0.15, -0.1) is 0 Å². The fourth-order valence-electron chi connectivity index (χ4n) is 3.93. The Balaban J connectivity index is 2.03. The second kappa shape index (κ2) is 10.5. The van der Waals surface area contributed by atoms with Gasteiger partial charge in [-0.1, -0.05) is 17.7 Å². The molecule has 1 heterocycles. The Morgan fingerprint density at radius 3 is 2.47 bits per heavy atom. The van der Waals surface area contributed by atoms with E-state index >= 15 is 0 Å². The Morgan fingerprint density at radius 1 is 1.21 bits per heavy atom. The van der Waals surface area contributed by atoms with Crippen molar-refractivity contribution in [2.24, 2.45) is 5.73 Å². The summed E-state index contributed by atoms with van der Waals surface area (Å²) in [5.41, 5.74) is 9.59. The number of allylic oxidation sites excluding steroid dienone is 2. The number of esters is 1. The molecule has 2 aromatic rings. The van der Waals surface area contributed by atoms with Crippen LogP contribution < -0.4 is 15.2 Å². The normalized spacial score (nSPS) is 15.5. The van der Waals surface area contributed by atoms with E-state index in [2.05, 4.69) is 6.07 Å². The molecular weight excluding hydrogens is 456 g/mol. The van der Waals surface area contributed by atoms with Crippen LogP contribution in [0.5, 0.6) is 11.5 Å². The van der Waals surface area contributed by atoms with E-state index in [-0.39, 0.29) is 30.2 Å². The minimum Gasteiger partial charge on any atom is -0.496 e. The molecule has 34 heavy (non-hydrogen) atoms. The van der Waals surface area contributed by atoms with Crippen LogP contribution in [0.1, 0.15) is 42.0 Å². The van der Waals surface area contributed by atoms with Crippen molar-refractivity contribution in [3.8, 4) is 17.6 Å². The average molecular weight is 483 g/mol. The smallest absolute Gasteiger partial charge is 0.338 e. The van der Waals surface area contributed by atoms with Gasteiger partial charge in [0.25, 0.3) is 0 Å². The Hall–Kier alpha value is -3.63. The van der Waals surface area contributed by atoms with Crippen LogP contribution in [0.15, 0.2) is 53.1 Å². The predicted molar refractivity (Wildman–Crippen MR) is 128 cm³/mol. The molecule has 0 saturated heterocycles. The lowest BCUT2D eigenvalue weighted by molar-refractivity contribution is -0.139. The van der Waals surface area contributed by atoms with Crippen LogP contribution in [0.4, 0.5) is 0 Å². The molecule has 0 fully saturated rings. The van der Waals surface area contributed by atoms with E-state index in [0.29, 0.717) is 27.8 Å². The second-order valence-electron chi connectivity index (χ2n) is 7.85. The number of hydrogen-bond donors (Lipinski definition) is 1. The number of benzene rings is 2. The first-order valence-corrected chi connectivity index (χ1v) is 11.1. The van der Waals surface area contributed by atoms with E-state index in [4.69, 9.17) is 36.3 Å². The highest BCUT2D eigenvalue weighted by molar-refractivity contribution is 6.32. The van der Waals surface area contributed by atoms with Crippen molar-refractivity contribution in [2.75, 3.05) is 13.7 Å². The van der Waals surface area contributed by atoms with Gasteiger partial charge in [0.1, 0.15) is 35.5 Å². The SMILES string of the molecule is CCOC(=O)C1=C(C)OC(N)=C(C#N)C1c1ccc(OC)c(COc2cc(C)c(Cl)c(C)c2)c1. The van der Waals surface area contributed by atoms with Crippen molar-refractivity contribution >= 4 is 17.6 Å². The summed E-state index contributed by atoms with van der Waals surface area (Å²) in [4.78, 5) is 12.8. The summed E-state index contributed by atoms with van der Waals surface area (Å²) in [6.07, 6.45) is 0. The van der Waals surface area contributed by atoms with Gasteiger partial charge in [-0.25, -0.2) is 4.79 Å². The van der Waals surface area contributed by atoms with Crippen molar-refractivity contribution in [1.29, 1.82) is 5.26 Å². The van der Waals surface area contributed by atoms with Gasteiger partial charge in [0.2, 0.25) is 5.88 Å². The van der Waals surface area contributed by atoms with Crippen molar-refractivity contribution in [3.63, 3.8) is 0 Å². The number of nitriles is 1. The molecule has 0 amide bonds. The minimum absolute atomic E-state index is 0.0428. The fourth-order valence-corrected chi connectivity index (χ4v) is 4.04. The zero-order valence-corrected chi connectivity index (χ0v) is 20.6. The molecular formula is C26H27ClN2O5. The summed E-state index contributed by atoms with van der Waals surface area (Å²) >= 11 is 6.27. The first kappa shape index (κ1) is 25.0. The van der Waals surface area contributed by atoms with Gasteiger partial charge in [0.05, 0.1) is 25.2 Å². The third kappa shape index (κ3) is 4.97. The van der Waals surface area contributed by atoms with Gasteiger partial charge in [-0.05, 0) is 68.7 Å². The zero-order chi connectivity index (χ0) is 25.0. The third-order valence-electron chi connectivity index (χ3n) is 5.54. The largest absolute Gasteiger partial charge is 0.496 e. The number of carbonyl (C=O) groups excluding carboxylic acids is 1. The summed E-state index contributed by atoms with van der Waals surface area (Å²) in [5, 5.41) is 10.5. The summed E-state index contributed by atoms with van der Waals surface area (Å²) in [5.74, 6) is 0.211. The average Bonchev–Trinajstić information content (AvgIpc) is 2.80. The van der Waals surface area contributed by atoms with Crippen LogP contribution in [0.2, 0.25) is 5.02 Å². The maximum atomic E-state index is 12.8. The van der Waals surface area contributed by atoms with E-state index in [0.717, 1.165) is 16.7 Å². The van der Waals surface area contributed by atoms with Crippen molar-refractivity contribution in [3.05, 3.63) is 80.4 Å². The first-order chi connectivity index (χ1) is 16.2. The molecule has 0 aliphatic carbocycles. The summed E-state index contributed by atoms with van der Waals surface area (Å²) in [6, 6.07) is 11.2. The molecule has 3 rings (SSSR count). The van der Waals surface area contributed by atoms with Gasteiger partial charge in [-0.3, -0.25) is 0 Å². The monoisotopic (exact) mass is 482 g/mol. The summed E-state index contributed by atoms with van der Waals surface area (Å²) in [7, 11) is 1.57. The van der Waals surface area contributed by atoms with Crippen LogP contribution in [-0.4, -0.2) is 19.7 Å². The van der Waals surface area contributed by atoms with E-state index < -0.39 is 11.9 Å². The van der Waals surface area contributed by atoms with Crippen molar-refractivity contribution in [2.45, 2.75) is 40.2 Å². The van der Waals surface area contributed by atoms with Crippen LogP contribution in [0, 0.1) is 25.2 Å². The number of aryl methyl sites for hydroxylation is 2. The zero-order valence-electron chi connectivity index (χ0n) is 19.8. The summed E-state index contributed by atoms with van der Waals surface area (Å²) in [6.45, 7) is 7.55. The lowest BCUT2D eigenvalue weighted by atomic mass is 9.82. The van der Waals surface area contributed by atoms with E-state index in [1.54, 1.807) is 33.1 Å². The molecule has 2 aromatic carbocycles. The van der Waals surface area contributed by atoms with Crippen LogP contribution >= 0.6 is 11.6 Å². The lowest BCUT2D eigenvalue weighted by Gasteiger charge is -2.27. The van der Waals surface area contributed by atoms with Crippen molar-refractivity contribution in [1.82, 2.24) is 0 Å². The number of carbonyl (C=O) groups is 1. The van der Waals surface area contributed by atoms with E-state index in [1.807, 2.05) is 32.0 Å². The molecule has 0 saturated carbocycles. The highest BCUT2D eigenvalue weighted by atomic mass is 35.5. The molecule has 2 N–H and O–H groups in total. The maximum Gasteiger partial charge on any atom is 0.338 e. The Morgan fingerprint density at radius 2 is 1.88 bits per heavy atom. The van der Waals surface area contributed by atoms with Gasteiger partial charge in [0, 0.05) is 10.6 Å². The molecule has 7 nitrogen and oxygen atoms in total. The van der Waals surface area contributed by atoms with Gasteiger partial charge >= 0.3 is 5.97 Å². The standard InChI is InChI=1S/C26H27ClN2O5/c1-6-32-26(30)22-16(4)34-25(29)20(12-28)23(22)17-7-8-21(31-5)18(11-17)13-33-19-9-14(2)24(27)15(3)10-19/h7-11,23H,6,13,29H2,1-5H3. The van der Waals surface area contributed by atoms with Gasteiger partial charge in [-0.2, -0.15) is 5.26 Å². The number of halogens is 1. The number of methoxy groups -OCH3 is 1. The number of ether oxygens (including phenoxy) is 4. The topological polar surface area (TPSA) is 104 Å². The first-order valence-electron chi connectivity index (χ1n) is 10.7. The number of nitrogens with two attached hydrogens (primary N) is 1. The molecule has 178 valence electrons. The molecule has 1 unspecified atom stereocenters. The number of hydrogen-bond acceptors (Lipinski definition) is 7. The molecule has 0 radical (unpaired) electrons. The molecule has 8 heteroatoms. The van der Waals surface area contributed by atoms with E-state index in [1.165, 1.54) is 0 Å². The molecule has 1 atom stereocenters. The van der Waals surface area contributed by atoms with Crippen LogP contribution in [0.25, 0.3) is 0 Å². The number of rotatable bonds is 7. The van der Waals surface area contributed by atoms with E-state index in [9.17, 15) is 10.1 Å². The highest BCUT2D eigenvalue weighted by Crippen LogP contribution is 2.41. The molecule has 0 aromatic heterocycles. The molecule has 0 bridgehead atoms. The maximum absolute atomic E-state index is 12.8. The highest BCUT2D eigenvalue weighted by Gasteiger charge is 2.36. The fraction of sp³-hybridized carbons (Fsp3) is 0.308. The van der Waals surface area contributed by atoms with Crippen molar-refractivity contribution < 1.29 is 23.7 Å². The Kier molecular flexibility index (Phi) is 7.75. The molecule has 1 aliphatic rings. The molecule has 1 aliphatic heterocycles. The minimum atomic E-state index is -0.748. The molecule has 0 spiro atoms. The Labute approximate surface area is 204 Å². The van der Waals surface area contributed by atoms with Gasteiger partial charge in [0.15, 0.2) is 0 Å². The third-order valence-corrected chi connectivity index (χ3v) is 6.14.